The van der Waals surface area contributed by atoms with Gasteiger partial charge in [-0.15, -0.1) is 5.54 Å². The summed E-state index contributed by atoms with van der Waals surface area (Å²) in [6, 6.07) is 10.2. The third kappa shape index (κ3) is 4.47. The minimum atomic E-state index is -1.28. The molecule has 0 saturated heterocycles. The lowest BCUT2D eigenvalue weighted by molar-refractivity contribution is 0.910. The summed E-state index contributed by atoms with van der Waals surface area (Å²) in [5.41, 5.74) is 7.08. The normalized spacial score (nSPS) is 14.5. The van der Waals surface area contributed by atoms with Crippen molar-refractivity contribution in [3.8, 4) is 23.3 Å². The van der Waals surface area contributed by atoms with Crippen LogP contribution in [0.15, 0.2) is 41.5 Å². The van der Waals surface area contributed by atoms with E-state index < -0.39 is 8.07 Å². The molecule has 0 atom stereocenters. The molecule has 0 fully saturated rings. The highest BCUT2D eigenvalue weighted by Crippen LogP contribution is 2.25. The number of allylic oxidation sites excluding steroid dienone is 2. The number of hydrogen-bond acceptors (Lipinski definition) is 0. The van der Waals surface area contributed by atoms with Gasteiger partial charge in [-0.3, -0.25) is 0 Å². The fourth-order valence-corrected chi connectivity index (χ4v) is 2.48. The Balaban J connectivity index is 2.23. The minimum absolute atomic E-state index is 1.08. The molecule has 1 aliphatic carbocycles. The zero-order chi connectivity index (χ0) is 13.7. The molecule has 0 saturated carbocycles. The molecule has 1 aliphatic rings. The molecular formula is C18H20Si. The highest BCUT2D eigenvalue weighted by molar-refractivity contribution is 6.83. The van der Waals surface area contributed by atoms with E-state index in [0.717, 1.165) is 18.4 Å². The summed E-state index contributed by atoms with van der Waals surface area (Å²) < 4.78 is 0. The molecule has 0 radical (unpaired) electrons. The molecule has 0 nitrogen and oxygen atoms in total. The van der Waals surface area contributed by atoms with Crippen LogP contribution in [0.4, 0.5) is 0 Å². The van der Waals surface area contributed by atoms with Gasteiger partial charge in [-0.25, -0.2) is 0 Å². The summed E-state index contributed by atoms with van der Waals surface area (Å²) in [7, 11) is -1.28. The van der Waals surface area contributed by atoms with E-state index in [1.54, 1.807) is 0 Å². The van der Waals surface area contributed by atoms with E-state index in [-0.39, 0.29) is 0 Å². The van der Waals surface area contributed by atoms with Crippen molar-refractivity contribution in [3.63, 3.8) is 0 Å². The Labute approximate surface area is 117 Å². The van der Waals surface area contributed by atoms with Crippen molar-refractivity contribution in [2.24, 2.45) is 0 Å². The lowest BCUT2D eigenvalue weighted by Gasteiger charge is -2.03. The first-order chi connectivity index (χ1) is 9.04. The number of rotatable bonds is 0. The second-order valence-corrected chi connectivity index (χ2v) is 10.7. The van der Waals surface area contributed by atoms with Crippen LogP contribution in [0.3, 0.4) is 0 Å². The molecular weight excluding hydrogens is 244 g/mol. The lowest BCUT2D eigenvalue weighted by atomic mass is 10.1. The molecule has 1 heteroatoms. The maximum absolute atomic E-state index is 3.46. The maximum Gasteiger partial charge on any atom is 0.129 e. The standard InChI is InChI=1S/C18H20Si/c1-19(2,3)15-14-18-11-7-10-17(18)13-12-16-8-5-4-6-9-16/h4-6,8-9H,7,10-11H2,1-3H3. The van der Waals surface area contributed by atoms with Gasteiger partial charge in [0, 0.05) is 16.7 Å². The van der Waals surface area contributed by atoms with E-state index in [4.69, 9.17) is 0 Å². The first kappa shape index (κ1) is 13.7. The van der Waals surface area contributed by atoms with Gasteiger partial charge < -0.3 is 0 Å². The fourth-order valence-electron chi connectivity index (χ4n) is 1.95. The van der Waals surface area contributed by atoms with E-state index in [9.17, 15) is 0 Å². The van der Waals surface area contributed by atoms with Gasteiger partial charge in [-0.1, -0.05) is 55.6 Å². The Bertz CT molecular complexity index is 592. The molecule has 0 heterocycles. The fraction of sp³-hybridized carbons (Fsp3) is 0.333. The van der Waals surface area contributed by atoms with Crippen molar-refractivity contribution in [2.75, 3.05) is 0 Å². The van der Waals surface area contributed by atoms with E-state index in [1.165, 1.54) is 17.6 Å². The molecule has 0 unspecified atom stereocenters. The van der Waals surface area contributed by atoms with Gasteiger partial charge in [0.25, 0.3) is 0 Å². The average Bonchev–Trinajstić information content (AvgIpc) is 2.82. The Morgan fingerprint density at radius 1 is 0.842 bits per heavy atom. The van der Waals surface area contributed by atoms with Crippen LogP contribution in [0.25, 0.3) is 0 Å². The number of benzene rings is 1. The van der Waals surface area contributed by atoms with Crippen molar-refractivity contribution in [3.05, 3.63) is 47.0 Å². The average molecular weight is 264 g/mol. The second-order valence-electron chi connectivity index (χ2n) is 5.93. The van der Waals surface area contributed by atoms with Crippen LogP contribution in [0, 0.1) is 23.3 Å². The minimum Gasteiger partial charge on any atom is -0.127 e. The zero-order valence-electron chi connectivity index (χ0n) is 12.0. The predicted molar refractivity (Wildman–Crippen MR) is 85.3 cm³/mol. The molecule has 19 heavy (non-hydrogen) atoms. The molecule has 2 rings (SSSR count). The molecule has 1 aromatic carbocycles. The monoisotopic (exact) mass is 264 g/mol. The predicted octanol–water partition coefficient (Wildman–Crippen LogP) is 4.40. The molecule has 0 aromatic heterocycles. The SMILES string of the molecule is C[Si](C)(C)C#CC1=C(C#Cc2ccccc2)CCC1. The third-order valence-electron chi connectivity index (χ3n) is 2.94. The van der Waals surface area contributed by atoms with Crippen molar-refractivity contribution in [2.45, 2.75) is 38.9 Å². The van der Waals surface area contributed by atoms with Crippen molar-refractivity contribution < 1.29 is 0 Å². The first-order valence-corrected chi connectivity index (χ1v) is 10.4. The maximum atomic E-state index is 3.46. The summed E-state index contributed by atoms with van der Waals surface area (Å²) in [5.74, 6) is 9.97. The molecule has 0 N–H and O–H groups in total. The van der Waals surface area contributed by atoms with Crippen LogP contribution >= 0.6 is 0 Å². The van der Waals surface area contributed by atoms with Gasteiger partial charge in [0.15, 0.2) is 0 Å². The zero-order valence-corrected chi connectivity index (χ0v) is 13.0. The van der Waals surface area contributed by atoms with E-state index in [2.05, 4.69) is 55.1 Å². The summed E-state index contributed by atoms with van der Waals surface area (Å²) >= 11 is 0. The lowest BCUT2D eigenvalue weighted by Crippen LogP contribution is -2.16. The van der Waals surface area contributed by atoms with Gasteiger partial charge >= 0.3 is 0 Å². The van der Waals surface area contributed by atoms with Crippen molar-refractivity contribution >= 4 is 8.07 Å². The molecule has 0 spiro atoms. The molecule has 1 aromatic rings. The Morgan fingerprint density at radius 2 is 1.47 bits per heavy atom. The van der Waals surface area contributed by atoms with Crippen molar-refractivity contribution in [1.29, 1.82) is 0 Å². The van der Waals surface area contributed by atoms with Gasteiger partial charge in [0.05, 0.1) is 0 Å². The van der Waals surface area contributed by atoms with Gasteiger partial charge in [-0.05, 0) is 31.4 Å². The Kier molecular flexibility index (Phi) is 4.30. The summed E-state index contributed by atoms with van der Waals surface area (Å²) in [6.07, 6.45) is 3.40. The molecule has 0 amide bonds. The van der Waals surface area contributed by atoms with E-state index >= 15 is 0 Å². The van der Waals surface area contributed by atoms with Crippen LogP contribution in [0.1, 0.15) is 24.8 Å². The molecule has 0 aliphatic heterocycles. The molecule has 96 valence electrons. The Hall–Kier alpha value is -1.70. The van der Waals surface area contributed by atoms with Crippen LogP contribution in [0.2, 0.25) is 19.6 Å². The quantitative estimate of drug-likeness (QED) is 0.481. The summed E-state index contributed by atoms with van der Waals surface area (Å²) in [6.45, 7) is 6.85. The van der Waals surface area contributed by atoms with Crippen LogP contribution in [0.5, 0.6) is 0 Å². The highest BCUT2D eigenvalue weighted by atomic mass is 28.3. The van der Waals surface area contributed by atoms with Gasteiger partial charge in [0.1, 0.15) is 8.07 Å². The second kappa shape index (κ2) is 5.96. The first-order valence-electron chi connectivity index (χ1n) is 6.87. The summed E-state index contributed by atoms with van der Waals surface area (Å²) in [4.78, 5) is 0. The van der Waals surface area contributed by atoms with Crippen LogP contribution in [-0.2, 0) is 0 Å². The highest BCUT2D eigenvalue weighted by Gasteiger charge is 2.12. The van der Waals surface area contributed by atoms with Gasteiger partial charge in [0.2, 0.25) is 0 Å². The van der Waals surface area contributed by atoms with E-state index in [1.807, 2.05) is 18.2 Å². The van der Waals surface area contributed by atoms with Crippen molar-refractivity contribution in [1.82, 2.24) is 0 Å². The Morgan fingerprint density at radius 3 is 2.11 bits per heavy atom. The smallest absolute Gasteiger partial charge is 0.127 e. The topological polar surface area (TPSA) is 0 Å². The largest absolute Gasteiger partial charge is 0.129 e. The summed E-state index contributed by atoms with van der Waals surface area (Å²) in [5, 5.41) is 0. The van der Waals surface area contributed by atoms with E-state index in [0.29, 0.717) is 0 Å². The van der Waals surface area contributed by atoms with Crippen LogP contribution in [-0.4, -0.2) is 8.07 Å². The van der Waals surface area contributed by atoms with Crippen LogP contribution < -0.4 is 0 Å². The molecule has 0 bridgehead atoms. The van der Waals surface area contributed by atoms with Gasteiger partial charge in [-0.2, -0.15) is 0 Å². The number of hydrogen-bond donors (Lipinski definition) is 0. The third-order valence-corrected chi connectivity index (χ3v) is 3.81.